The average molecular weight is 527 g/mol. The summed E-state index contributed by atoms with van der Waals surface area (Å²) in [5.74, 6) is 0. The molecular weight excluding hydrogens is 480 g/mol. The summed E-state index contributed by atoms with van der Waals surface area (Å²) < 4.78 is 0. The zero-order valence-electron chi connectivity index (χ0n) is 23.3. The standard InChI is InChI=1S/C32H46O6/c1-31(2,19-33)13-7-9-21-15-23(35)17-27(29(21)37)25-11-5-6-12-26(25)28-18-24(36)16-22(30(28)38)10-8-14-32(3,4)20-34/h5-6,11-12,15-18,23-24,29-30,33-38H,7-10,13-14,19-20H2,1-4H3. The van der Waals surface area contributed by atoms with E-state index < -0.39 is 24.4 Å². The SMILES string of the molecule is CC(C)(CO)CCCC1=CC(O)C=C(c2ccccc2C2=CC(O)C=C(CCCC(C)(C)CO)C2O)C1O. The molecule has 3 rings (SSSR count). The van der Waals surface area contributed by atoms with E-state index in [1.807, 2.05) is 52.0 Å². The molecule has 0 saturated heterocycles. The van der Waals surface area contributed by atoms with Crippen LogP contribution in [0.15, 0.2) is 59.7 Å². The van der Waals surface area contributed by atoms with Crippen molar-refractivity contribution in [3.8, 4) is 0 Å². The number of hydrogen-bond acceptors (Lipinski definition) is 6. The van der Waals surface area contributed by atoms with Gasteiger partial charge in [0.05, 0.1) is 12.2 Å². The molecule has 1 aromatic rings. The van der Waals surface area contributed by atoms with Gasteiger partial charge in [-0.05, 0) is 94.9 Å². The van der Waals surface area contributed by atoms with E-state index in [1.165, 1.54) is 0 Å². The van der Waals surface area contributed by atoms with Crippen LogP contribution in [0.2, 0.25) is 0 Å². The van der Waals surface area contributed by atoms with Gasteiger partial charge in [0.25, 0.3) is 0 Å². The monoisotopic (exact) mass is 526 g/mol. The van der Waals surface area contributed by atoms with Crippen LogP contribution in [0.5, 0.6) is 0 Å². The number of rotatable bonds is 12. The molecule has 4 unspecified atom stereocenters. The van der Waals surface area contributed by atoms with E-state index in [0.717, 1.165) is 36.8 Å². The third-order valence-corrected chi connectivity index (χ3v) is 7.81. The van der Waals surface area contributed by atoms with Gasteiger partial charge in [-0.25, -0.2) is 0 Å². The molecule has 4 atom stereocenters. The molecule has 1 aromatic carbocycles. The molecule has 0 amide bonds. The van der Waals surface area contributed by atoms with Gasteiger partial charge in [-0.2, -0.15) is 0 Å². The van der Waals surface area contributed by atoms with Crippen molar-refractivity contribution in [1.82, 2.24) is 0 Å². The zero-order chi connectivity index (χ0) is 28.1. The van der Waals surface area contributed by atoms with Gasteiger partial charge in [0.15, 0.2) is 0 Å². The molecule has 0 fully saturated rings. The molecule has 2 aliphatic carbocycles. The Morgan fingerprint density at radius 1 is 0.605 bits per heavy atom. The first-order chi connectivity index (χ1) is 17.9. The summed E-state index contributed by atoms with van der Waals surface area (Å²) >= 11 is 0. The van der Waals surface area contributed by atoms with Gasteiger partial charge in [0.2, 0.25) is 0 Å². The highest BCUT2D eigenvalue weighted by molar-refractivity contribution is 5.86. The van der Waals surface area contributed by atoms with E-state index in [9.17, 15) is 30.6 Å². The highest BCUT2D eigenvalue weighted by Crippen LogP contribution is 2.39. The molecule has 38 heavy (non-hydrogen) atoms. The van der Waals surface area contributed by atoms with Crippen LogP contribution in [0.25, 0.3) is 11.1 Å². The fraction of sp³-hybridized carbons (Fsp3) is 0.562. The van der Waals surface area contributed by atoms with E-state index in [1.54, 1.807) is 24.3 Å². The van der Waals surface area contributed by atoms with Crippen molar-refractivity contribution < 1.29 is 30.6 Å². The molecule has 0 spiro atoms. The molecule has 0 saturated carbocycles. The van der Waals surface area contributed by atoms with Gasteiger partial charge in [-0.3, -0.25) is 0 Å². The first-order valence-corrected chi connectivity index (χ1v) is 13.8. The van der Waals surface area contributed by atoms with Gasteiger partial charge in [0.1, 0.15) is 12.2 Å². The molecule has 0 bridgehead atoms. The first kappa shape index (κ1) is 30.5. The van der Waals surface area contributed by atoms with Crippen LogP contribution in [-0.2, 0) is 0 Å². The number of hydrogen-bond donors (Lipinski definition) is 6. The lowest BCUT2D eigenvalue weighted by Crippen LogP contribution is -2.25. The normalized spacial score (nSPS) is 24.5. The summed E-state index contributed by atoms with van der Waals surface area (Å²) in [4.78, 5) is 0. The molecular formula is C32H46O6. The molecule has 2 aliphatic rings. The summed E-state index contributed by atoms with van der Waals surface area (Å²) in [5, 5.41) is 63.0. The predicted molar refractivity (Wildman–Crippen MR) is 152 cm³/mol. The zero-order valence-corrected chi connectivity index (χ0v) is 23.3. The summed E-state index contributed by atoms with van der Waals surface area (Å²) in [7, 11) is 0. The largest absolute Gasteiger partial charge is 0.396 e. The van der Waals surface area contributed by atoms with Crippen molar-refractivity contribution in [2.24, 2.45) is 10.8 Å². The van der Waals surface area contributed by atoms with E-state index in [4.69, 9.17) is 0 Å². The van der Waals surface area contributed by atoms with Crippen molar-refractivity contribution >= 4 is 11.1 Å². The smallest absolute Gasteiger partial charge is 0.101 e. The highest BCUT2D eigenvalue weighted by atomic mass is 16.3. The van der Waals surface area contributed by atoms with E-state index in [0.29, 0.717) is 35.1 Å². The van der Waals surface area contributed by atoms with Gasteiger partial charge in [-0.1, -0.05) is 64.1 Å². The number of aliphatic hydroxyl groups excluding tert-OH is 6. The molecule has 6 nitrogen and oxygen atoms in total. The van der Waals surface area contributed by atoms with Crippen LogP contribution in [0.3, 0.4) is 0 Å². The Morgan fingerprint density at radius 3 is 1.32 bits per heavy atom. The molecule has 0 radical (unpaired) electrons. The minimum absolute atomic E-state index is 0.0919. The highest BCUT2D eigenvalue weighted by Gasteiger charge is 2.30. The van der Waals surface area contributed by atoms with Crippen molar-refractivity contribution in [2.45, 2.75) is 90.6 Å². The quantitative estimate of drug-likeness (QED) is 0.228. The second-order valence-corrected chi connectivity index (χ2v) is 12.4. The van der Waals surface area contributed by atoms with E-state index in [2.05, 4.69) is 0 Å². The Labute approximate surface area is 227 Å². The Kier molecular flexibility index (Phi) is 10.3. The summed E-state index contributed by atoms with van der Waals surface area (Å²) in [6, 6.07) is 7.47. The molecule has 6 heteroatoms. The Balaban J connectivity index is 1.82. The lowest BCUT2D eigenvalue weighted by Gasteiger charge is -2.30. The minimum Gasteiger partial charge on any atom is -0.396 e. The van der Waals surface area contributed by atoms with E-state index in [-0.39, 0.29) is 24.0 Å². The maximum Gasteiger partial charge on any atom is 0.101 e. The Morgan fingerprint density at radius 2 is 0.974 bits per heavy atom. The Bertz CT molecular complexity index is 992. The number of aliphatic hydroxyl groups is 6. The molecule has 210 valence electrons. The maximum absolute atomic E-state index is 11.3. The van der Waals surface area contributed by atoms with Crippen LogP contribution in [0.1, 0.15) is 77.3 Å². The van der Waals surface area contributed by atoms with Crippen LogP contribution < -0.4 is 0 Å². The van der Waals surface area contributed by atoms with Gasteiger partial charge >= 0.3 is 0 Å². The van der Waals surface area contributed by atoms with Crippen LogP contribution >= 0.6 is 0 Å². The number of benzene rings is 1. The van der Waals surface area contributed by atoms with Gasteiger partial charge < -0.3 is 30.6 Å². The third-order valence-electron chi connectivity index (χ3n) is 7.81. The first-order valence-electron chi connectivity index (χ1n) is 13.8. The summed E-state index contributed by atoms with van der Waals surface area (Å²) in [5.41, 5.74) is 3.65. The predicted octanol–water partition coefficient (Wildman–Crippen LogP) is 4.15. The summed E-state index contributed by atoms with van der Waals surface area (Å²) in [6.45, 7) is 8.20. The van der Waals surface area contributed by atoms with Crippen molar-refractivity contribution in [1.29, 1.82) is 0 Å². The fourth-order valence-corrected chi connectivity index (χ4v) is 5.27. The Hall–Kier alpha value is -2.06. The molecule has 0 heterocycles. The molecule has 0 aliphatic heterocycles. The second-order valence-electron chi connectivity index (χ2n) is 12.4. The van der Waals surface area contributed by atoms with Crippen molar-refractivity contribution in [3.63, 3.8) is 0 Å². The fourth-order valence-electron chi connectivity index (χ4n) is 5.27. The van der Waals surface area contributed by atoms with Crippen LogP contribution in [0, 0.1) is 10.8 Å². The topological polar surface area (TPSA) is 121 Å². The van der Waals surface area contributed by atoms with E-state index >= 15 is 0 Å². The van der Waals surface area contributed by atoms with Crippen LogP contribution in [0.4, 0.5) is 0 Å². The van der Waals surface area contributed by atoms with Crippen LogP contribution in [-0.4, -0.2) is 68.3 Å². The van der Waals surface area contributed by atoms with Gasteiger partial charge in [-0.15, -0.1) is 0 Å². The summed E-state index contributed by atoms with van der Waals surface area (Å²) in [6.07, 6.45) is 7.50. The minimum atomic E-state index is -0.904. The third kappa shape index (κ3) is 7.75. The van der Waals surface area contributed by atoms with Crippen molar-refractivity contribution in [3.05, 3.63) is 70.8 Å². The molecule has 0 aromatic heterocycles. The average Bonchev–Trinajstić information content (AvgIpc) is 2.87. The maximum atomic E-state index is 11.3. The van der Waals surface area contributed by atoms with Crippen molar-refractivity contribution in [2.75, 3.05) is 13.2 Å². The second kappa shape index (κ2) is 12.9. The lowest BCUT2D eigenvalue weighted by molar-refractivity contribution is 0.147. The lowest BCUT2D eigenvalue weighted by atomic mass is 9.79. The van der Waals surface area contributed by atoms with Gasteiger partial charge in [0, 0.05) is 13.2 Å². The molecule has 6 N–H and O–H groups in total.